The van der Waals surface area contributed by atoms with Gasteiger partial charge in [-0.15, -0.1) is 11.3 Å². The molecule has 0 spiro atoms. The van der Waals surface area contributed by atoms with Gasteiger partial charge in [0, 0.05) is 0 Å². The number of halogens is 2. The standard InChI is InChI=1S/C13H11ClFN3O2S/c1-6-5-21-11(10(6)14)13(19)17-8-4-2-3-7(15)9(8)12(16)18-20/h2-5,20H,1H3,(H2,16,18)(H,17,19). The highest BCUT2D eigenvalue weighted by atomic mass is 35.5. The van der Waals surface area contributed by atoms with Crippen molar-refractivity contribution >= 4 is 40.4 Å². The number of benzene rings is 1. The molecule has 0 aliphatic heterocycles. The molecule has 5 nitrogen and oxygen atoms in total. The Hall–Kier alpha value is -2.12. The van der Waals surface area contributed by atoms with E-state index in [0.29, 0.717) is 9.90 Å². The Bertz CT molecular complexity index is 730. The summed E-state index contributed by atoms with van der Waals surface area (Å²) in [4.78, 5) is 12.5. The van der Waals surface area contributed by atoms with Gasteiger partial charge in [0.1, 0.15) is 10.7 Å². The predicted molar refractivity (Wildman–Crippen MR) is 80.9 cm³/mol. The summed E-state index contributed by atoms with van der Waals surface area (Å²) in [6.45, 7) is 1.78. The molecular weight excluding hydrogens is 317 g/mol. The number of nitrogens with two attached hydrogens (primary N) is 1. The summed E-state index contributed by atoms with van der Waals surface area (Å²) in [5, 5.41) is 16.1. The minimum atomic E-state index is -0.712. The average molecular weight is 328 g/mol. The first-order valence-electron chi connectivity index (χ1n) is 5.77. The third kappa shape index (κ3) is 2.98. The van der Waals surface area contributed by atoms with Gasteiger partial charge >= 0.3 is 0 Å². The number of oxime groups is 1. The summed E-state index contributed by atoms with van der Waals surface area (Å²) in [6, 6.07) is 3.99. The van der Waals surface area contributed by atoms with Gasteiger partial charge in [-0.2, -0.15) is 0 Å². The van der Waals surface area contributed by atoms with Crippen LogP contribution in [0.1, 0.15) is 20.8 Å². The molecule has 0 atom stereocenters. The quantitative estimate of drug-likeness (QED) is 0.350. The maximum atomic E-state index is 13.8. The number of carbonyl (C=O) groups excluding carboxylic acids is 1. The second kappa shape index (κ2) is 6.11. The monoisotopic (exact) mass is 327 g/mol. The van der Waals surface area contributed by atoms with E-state index in [-0.39, 0.29) is 11.3 Å². The number of rotatable bonds is 3. The van der Waals surface area contributed by atoms with Crippen molar-refractivity contribution in [3.63, 3.8) is 0 Å². The minimum absolute atomic E-state index is 0.0948. The third-order valence-electron chi connectivity index (χ3n) is 2.73. The van der Waals surface area contributed by atoms with Crippen molar-refractivity contribution in [1.29, 1.82) is 0 Å². The molecule has 0 saturated carbocycles. The molecule has 0 aliphatic rings. The largest absolute Gasteiger partial charge is 0.409 e. The topological polar surface area (TPSA) is 87.7 Å². The number of amidine groups is 1. The lowest BCUT2D eigenvalue weighted by Gasteiger charge is -2.10. The van der Waals surface area contributed by atoms with Crippen LogP contribution in [0.15, 0.2) is 28.7 Å². The molecule has 0 radical (unpaired) electrons. The van der Waals surface area contributed by atoms with Gasteiger partial charge in [-0.3, -0.25) is 4.79 Å². The first-order valence-corrected chi connectivity index (χ1v) is 7.02. The highest BCUT2D eigenvalue weighted by Crippen LogP contribution is 2.28. The Kier molecular flexibility index (Phi) is 4.44. The molecule has 110 valence electrons. The van der Waals surface area contributed by atoms with E-state index >= 15 is 0 Å². The highest BCUT2D eigenvalue weighted by Gasteiger charge is 2.19. The lowest BCUT2D eigenvalue weighted by Crippen LogP contribution is -2.20. The maximum absolute atomic E-state index is 13.8. The minimum Gasteiger partial charge on any atom is -0.409 e. The van der Waals surface area contributed by atoms with E-state index < -0.39 is 17.6 Å². The molecule has 4 N–H and O–H groups in total. The normalized spacial score (nSPS) is 11.5. The van der Waals surface area contributed by atoms with Crippen molar-refractivity contribution in [2.24, 2.45) is 10.9 Å². The molecule has 21 heavy (non-hydrogen) atoms. The fraction of sp³-hybridized carbons (Fsp3) is 0.0769. The Morgan fingerprint density at radius 2 is 2.24 bits per heavy atom. The summed E-state index contributed by atoms with van der Waals surface area (Å²) >= 11 is 7.20. The summed E-state index contributed by atoms with van der Waals surface area (Å²) in [6.07, 6.45) is 0. The maximum Gasteiger partial charge on any atom is 0.267 e. The van der Waals surface area contributed by atoms with E-state index in [1.165, 1.54) is 23.5 Å². The zero-order valence-corrected chi connectivity index (χ0v) is 12.4. The van der Waals surface area contributed by atoms with Crippen LogP contribution in [0.2, 0.25) is 5.02 Å². The number of thiophene rings is 1. The van der Waals surface area contributed by atoms with Crippen LogP contribution in [-0.2, 0) is 0 Å². The Balaban J connectivity index is 2.38. The molecule has 0 bridgehead atoms. The van der Waals surface area contributed by atoms with Gasteiger partial charge in [0.05, 0.1) is 16.3 Å². The first kappa shape index (κ1) is 15.3. The van der Waals surface area contributed by atoms with Crippen LogP contribution in [0.4, 0.5) is 10.1 Å². The number of anilines is 1. The van der Waals surface area contributed by atoms with Gasteiger partial charge in [-0.1, -0.05) is 22.8 Å². The van der Waals surface area contributed by atoms with Gasteiger partial charge in [0.2, 0.25) is 0 Å². The Morgan fingerprint density at radius 3 is 2.81 bits per heavy atom. The summed E-state index contributed by atoms with van der Waals surface area (Å²) in [7, 11) is 0. The molecule has 8 heteroatoms. The second-order valence-electron chi connectivity index (χ2n) is 4.16. The molecule has 1 aromatic heterocycles. The molecule has 0 unspecified atom stereocenters. The lowest BCUT2D eigenvalue weighted by atomic mass is 10.1. The second-order valence-corrected chi connectivity index (χ2v) is 5.42. The lowest BCUT2D eigenvalue weighted by molar-refractivity contribution is 0.103. The van der Waals surface area contributed by atoms with E-state index in [9.17, 15) is 9.18 Å². The van der Waals surface area contributed by atoms with Gasteiger partial charge in [0.25, 0.3) is 5.91 Å². The van der Waals surface area contributed by atoms with Crippen molar-refractivity contribution < 1.29 is 14.4 Å². The number of hydrogen-bond donors (Lipinski definition) is 3. The molecule has 0 saturated heterocycles. The SMILES string of the molecule is Cc1csc(C(=O)Nc2cccc(F)c2/C(N)=N/O)c1Cl. The van der Waals surface area contributed by atoms with Crippen molar-refractivity contribution in [3.8, 4) is 0 Å². The van der Waals surface area contributed by atoms with Gasteiger partial charge in [-0.05, 0) is 30.0 Å². The van der Waals surface area contributed by atoms with Crippen LogP contribution in [-0.4, -0.2) is 17.0 Å². The number of nitrogens with one attached hydrogen (secondary N) is 1. The summed E-state index contributed by atoms with van der Waals surface area (Å²) in [5.41, 5.74) is 6.12. The Labute approximate surface area is 128 Å². The zero-order valence-electron chi connectivity index (χ0n) is 10.9. The number of carbonyl (C=O) groups is 1. The molecule has 0 aliphatic carbocycles. The van der Waals surface area contributed by atoms with Gasteiger partial charge < -0.3 is 16.3 Å². The molecule has 1 amide bonds. The smallest absolute Gasteiger partial charge is 0.267 e. The molecule has 2 aromatic rings. The number of hydrogen-bond acceptors (Lipinski definition) is 4. The molecule has 1 heterocycles. The van der Waals surface area contributed by atoms with Crippen molar-refractivity contribution in [3.05, 3.63) is 50.4 Å². The Morgan fingerprint density at radius 1 is 1.52 bits per heavy atom. The van der Waals surface area contributed by atoms with E-state index in [1.54, 1.807) is 12.3 Å². The van der Waals surface area contributed by atoms with E-state index in [2.05, 4.69) is 10.5 Å². The van der Waals surface area contributed by atoms with E-state index in [1.807, 2.05) is 0 Å². The van der Waals surface area contributed by atoms with Crippen LogP contribution in [0.25, 0.3) is 0 Å². The number of amides is 1. The highest BCUT2D eigenvalue weighted by molar-refractivity contribution is 7.13. The summed E-state index contributed by atoms with van der Waals surface area (Å²) < 4.78 is 13.8. The van der Waals surface area contributed by atoms with Crippen LogP contribution in [0.3, 0.4) is 0 Å². The first-order chi connectivity index (χ1) is 9.95. The van der Waals surface area contributed by atoms with Crippen LogP contribution in [0.5, 0.6) is 0 Å². The van der Waals surface area contributed by atoms with Crippen LogP contribution >= 0.6 is 22.9 Å². The molecule has 2 rings (SSSR count). The fourth-order valence-corrected chi connectivity index (χ4v) is 2.87. The average Bonchev–Trinajstić information content (AvgIpc) is 2.78. The van der Waals surface area contributed by atoms with E-state index in [0.717, 1.165) is 11.6 Å². The van der Waals surface area contributed by atoms with Crippen LogP contribution < -0.4 is 11.1 Å². The van der Waals surface area contributed by atoms with Crippen LogP contribution in [0, 0.1) is 12.7 Å². The van der Waals surface area contributed by atoms with E-state index in [4.69, 9.17) is 22.5 Å². The predicted octanol–water partition coefficient (Wildman–Crippen LogP) is 3.20. The van der Waals surface area contributed by atoms with Crippen molar-refractivity contribution in [2.45, 2.75) is 6.92 Å². The molecular formula is C13H11ClFN3O2S. The number of nitrogens with zero attached hydrogens (tertiary/aromatic N) is 1. The molecule has 1 aromatic carbocycles. The van der Waals surface area contributed by atoms with Gasteiger partial charge in [0.15, 0.2) is 5.84 Å². The summed E-state index contributed by atoms with van der Waals surface area (Å²) in [5.74, 6) is -1.64. The van der Waals surface area contributed by atoms with Crippen molar-refractivity contribution in [1.82, 2.24) is 0 Å². The van der Waals surface area contributed by atoms with Gasteiger partial charge in [-0.25, -0.2) is 4.39 Å². The molecule has 0 fully saturated rings. The number of aryl methyl sites for hydroxylation is 1. The zero-order chi connectivity index (χ0) is 15.6. The fourth-order valence-electron chi connectivity index (χ4n) is 1.70. The third-order valence-corrected chi connectivity index (χ3v) is 4.43. The van der Waals surface area contributed by atoms with Crippen molar-refractivity contribution in [2.75, 3.05) is 5.32 Å².